The first-order valence-electron chi connectivity index (χ1n) is 6.19. The molecule has 4 nitrogen and oxygen atoms in total. The van der Waals surface area contributed by atoms with Crippen LogP contribution in [0.4, 0.5) is 0 Å². The fourth-order valence-electron chi connectivity index (χ4n) is 1.92. The van der Waals surface area contributed by atoms with Crippen molar-refractivity contribution in [1.29, 1.82) is 0 Å². The lowest BCUT2D eigenvalue weighted by Crippen LogP contribution is -2.28. The Morgan fingerprint density at radius 1 is 1.33 bits per heavy atom. The number of aryl methyl sites for hydroxylation is 1. The first-order valence-corrected chi connectivity index (χ1v) is 6.19. The van der Waals surface area contributed by atoms with Crippen molar-refractivity contribution in [3.8, 4) is 11.4 Å². The maximum Gasteiger partial charge on any atom is 0.137 e. The minimum Gasteiger partial charge on any atom is -0.385 e. The van der Waals surface area contributed by atoms with Crippen LogP contribution >= 0.6 is 0 Å². The van der Waals surface area contributed by atoms with Crippen molar-refractivity contribution in [2.24, 2.45) is 5.73 Å². The van der Waals surface area contributed by atoms with Gasteiger partial charge in [-0.2, -0.15) is 0 Å². The van der Waals surface area contributed by atoms with Gasteiger partial charge < -0.3 is 15.8 Å². The molecule has 0 saturated carbocycles. The second-order valence-electron chi connectivity index (χ2n) is 4.48. The molecule has 0 bridgehead atoms. The molecule has 0 saturated heterocycles. The number of nitrogens with one attached hydrogen (secondary N) is 1. The predicted octanol–water partition coefficient (Wildman–Crippen LogP) is 2.16. The fourth-order valence-corrected chi connectivity index (χ4v) is 1.92. The van der Waals surface area contributed by atoms with E-state index in [1.165, 1.54) is 0 Å². The van der Waals surface area contributed by atoms with Crippen molar-refractivity contribution in [2.45, 2.75) is 32.4 Å². The Labute approximate surface area is 107 Å². The van der Waals surface area contributed by atoms with Crippen LogP contribution in [0.25, 0.3) is 11.4 Å². The van der Waals surface area contributed by atoms with Crippen molar-refractivity contribution in [3.05, 3.63) is 41.7 Å². The summed E-state index contributed by atoms with van der Waals surface area (Å²) in [7, 11) is 0. The third-order valence-electron chi connectivity index (χ3n) is 3.13. The van der Waals surface area contributed by atoms with E-state index < -0.39 is 6.10 Å². The van der Waals surface area contributed by atoms with E-state index in [4.69, 9.17) is 5.73 Å². The maximum absolute atomic E-state index is 10.1. The molecule has 4 N–H and O–H groups in total. The number of nitrogens with two attached hydrogens (primary N) is 1. The number of aliphatic hydroxyl groups excluding tert-OH is 1. The number of hydrogen-bond donors (Lipinski definition) is 3. The molecule has 2 aromatic rings. The third-order valence-corrected chi connectivity index (χ3v) is 3.13. The van der Waals surface area contributed by atoms with E-state index in [0.717, 1.165) is 17.1 Å². The van der Waals surface area contributed by atoms with Gasteiger partial charge in [-0.05, 0) is 13.3 Å². The number of imidazole rings is 1. The number of benzene rings is 1. The standard InChI is InChI=1S/C14H19N3O/c1-3-11(15)13(18)12-9(2)16-14(17-12)10-7-5-4-6-8-10/h4-8,11,13,18H,3,15H2,1-2H3,(H,16,17). The molecule has 2 unspecified atom stereocenters. The first kappa shape index (κ1) is 12.8. The average molecular weight is 245 g/mol. The van der Waals surface area contributed by atoms with Crippen molar-refractivity contribution in [3.63, 3.8) is 0 Å². The van der Waals surface area contributed by atoms with Crippen LogP contribution in [0.15, 0.2) is 30.3 Å². The van der Waals surface area contributed by atoms with E-state index in [0.29, 0.717) is 12.1 Å². The minimum absolute atomic E-state index is 0.282. The Morgan fingerprint density at radius 3 is 2.61 bits per heavy atom. The molecule has 0 aliphatic rings. The highest BCUT2D eigenvalue weighted by atomic mass is 16.3. The number of H-pyrrole nitrogens is 1. The average Bonchev–Trinajstić information content (AvgIpc) is 2.80. The molecule has 2 rings (SSSR count). The van der Waals surface area contributed by atoms with Crippen LogP contribution in [-0.4, -0.2) is 21.1 Å². The van der Waals surface area contributed by atoms with Crippen LogP contribution in [-0.2, 0) is 0 Å². The van der Waals surface area contributed by atoms with Gasteiger partial charge in [0.05, 0.1) is 5.69 Å². The van der Waals surface area contributed by atoms with Gasteiger partial charge in [0.15, 0.2) is 0 Å². The number of rotatable bonds is 4. The lowest BCUT2D eigenvalue weighted by molar-refractivity contribution is 0.140. The van der Waals surface area contributed by atoms with Gasteiger partial charge in [-0.1, -0.05) is 37.3 Å². The summed E-state index contributed by atoms with van der Waals surface area (Å²) in [4.78, 5) is 7.66. The van der Waals surface area contributed by atoms with E-state index in [-0.39, 0.29) is 6.04 Å². The maximum atomic E-state index is 10.1. The van der Waals surface area contributed by atoms with E-state index >= 15 is 0 Å². The van der Waals surface area contributed by atoms with Crippen molar-refractivity contribution < 1.29 is 5.11 Å². The van der Waals surface area contributed by atoms with Crippen molar-refractivity contribution in [1.82, 2.24) is 9.97 Å². The quantitative estimate of drug-likeness (QED) is 0.772. The summed E-state index contributed by atoms with van der Waals surface area (Å²) in [5, 5.41) is 10.1. The van der Waals surface area contributed by atoms with Crippen LogP contribution in [0.5, 0.6) is 0 Å². The van der Waals surface area contributed by atoms with Crippen LogP contribution in [0, 0.1) is 6.92 Å². The molecule has 0 fully saturated rings. The normalized spacial score (nSPS) is 14.4. The zero-order chi connectivity index (χ0) is 13.1. The van der Waals surface area contributed by atoms with E-state index in [2.05, 4.69) is 9.97 Å². The smallest absolute Gasteiger partial charge is 0.137 e. The zero-order valence-corrected chi connectivity index (χ0v) is 10.7. The molecular weight excluding hydrogens is 226 g/mol. The highest BCUT2D eigenvalue weighted by Crippen LogP contribution is 2.23. The summed E-state index contributed by atoms with van der Waals surface area (Å²) in [5.74, 6) is 0.769. The monoisotopic (exact) mass is 245 g/mol. The molecule has 0 aliphatic carbocycles. The first-order chi connectivity index (χ1) is 8.63. The number of hydrogen-bond acceptors (Lipinski definition) is 3. The van der Waals surface area contributed by atoms with Crippen LogP contribution < -0.4 is 5.73 Å². The molecular formula is C14H19N3O. The topological polar surface area (TPSA) is 74.9 Å². The SMILES string of the molecule is CCC(N)C(O)c1nc(-c2ccccc2)[nH]c1C. The Balaban J connectivity index is 2.33. The van der Waals surface area contributed by atoms with Crippen molar-refractivity contribution in [2.75, 3.05) is 0 Å². The summed E-state index contributed by atoms with van der Waals surface area (Å²) in [6.07, 6.45) is -0.00238. The van der Waals surface area contributed by atoms with Gasteiger partial charge in [0.2, 0.25) is 0 Å². The van der Waals surface area contributed by atoms with Gasteiger partial charge >= 0.3 is 0 Å². The Morgan fingerprint density at radius 2 is 2.00 bits per heavy atom. The summed E-state index contributed by atoms with van der Waals surface area (Å²) in [5.41, 5.74) is 8.37. The molecule has 1 aromatic carbocycles. The molecule has 4 heteroatoms. The van der Waals surface area contributed by atoms with Gasteiger partial charge in [0, 0.05) is 17.3 Å². The molecule has 0 amide bonds. The summed E-state index contributed by atoms with van der Waals surface area (Å²) in [6.45, 7) is 3.86. The molecule has 2 atom stereocenters. The summed E-state index contributed by atoms with van der Waals surface area (Å²) < 4.78 is 0. The van der Waals surface area contributed by atoms with Crippen LogP contribution in [0.1, 0.15) is 30.8 Å². The summed E-state index contributed by atoms with van der Waals surface area (Å²) in [6, 6.07) is 9.56. The van der Waals surface area contributed by atoms with Gasteiger partial charge in [0.25, 0.3) is 0 Å². The lowest BCUT2D eigenvalue weighted by atomic mass is 10.1. The van der Waals surface area contributed by atoms with Gasteiger partial charge in [-0.15, -0.1) is 0 Å². The van der Waals surface area contributed by atoms with E-state index in [9.17, 15) is 5.11 Å². The molecule has 0 aliphatic heterocycles. The van der Waals surface area contributed by atoms with Crippen molar-refractivity contribution >= 4 is 0 Å². The molecule has 18 heavy (non-hydrogen) atoms. The second-order valence-corrected chi connectivity index (χ2v) is 4.48. The molecule has 0 spiro atoms. The molecule has 1 aromatic heterocycles. The highest BCUT2D eigenvalue weighted by molar-refractivity contribution is 5.55. The van der Waals surface area contributed by atoms with Crippen LogP contribution in [0.2, 0.25) is 0 Å². The Bertz CT molecular complexity index is 507. The van der Waals surface area contributed by atoms with Gasteiger partial charge in [0.1, 0.15) is 11.9 Å². The second kappa shape index (κ2) is 5.33. The van der Waals surface area contributed by atoms with Gasteiger partial charge in [-0.25, -0.2) is 4.98 Å². The molecule has 96 valence electrons. The largest absolute Gasteiger partial charge is 0.385 e. The van der Waals surface area contributed by atoms with E-state index in [1.54, 1.807) is 0 Å². The Kier molecular flexibility index (Phi) is 3.79. The summed E-state index contributed by atoms with van der Waals surface area (Å²) >= 11 is 0. The number of aliphatic hydroxyl groups is 1. The zero-order valence-electron chi connectivity index (χ0n) is 10.7. The third kappa shape index (κ3) is 2.44. The van der Waals surface area contributed by atoms with Gasteiger partial charge in [-0.3, -0.25) is 0 Å². The minimum atomic E-state index is -0.719. The lowest BCUT2D eigenvalue weighted by Gasteiger charge is -2.15. The highest BCUT2D eigenvalue weighted by Gasteiger charge is 2.21. The number of aromatic nitrogens is 2. The Hall–Kier alpha value is -1.65. The molecule has 1 heterocycles. The molecule has 0 radical (unpaired) electrons. The number of nitrogens with zero attached hydrogens (tertiary/aromatic N) is 1. The van der Waals surface area contributed by atoms with E-state index in [1.807, 2.05) is 44.2 Å². The fraction of sp³-hybridized carbons (Fsp3) is 0.357. The predicted molar refractivity (Wildman–Crippen MR) is 72.0 cm³/mol. The van der Waals surface area contributed by atoms with Crippen LogP contribution in [0.3, 0.4) is 0 Å². The number of aromatic amines is 1.